The lowest BCUT2D eigenvalue weighted by molar-refractivity contribution is 1.38. The molecule has 0 aliphatic rings. The van der Waals surface area contributed by atoms with Gasteiger partial charge in [0.05, 0.1) is 0 Å². The highest BCUT2D eigenvalue weighted by Gasteiger charge is 2.00. The van der Waals surface area contributed by atoms with Gasteiger partial charge in [0.15, 0.2) is 0 Å². The van der Waals surface area contributed by atoms with Crippen LogP contribution in [-0.2, 0) is 0 Å². The van der Waals surface area contributed by atoms with Gasteiger partial charge in [-0.25, -0.2) is 0 Å². The highest BCUT2D eigenvalue weighted by Crippen LogP contribution is 2.20. The van der Waals surface area contributed by atoms with Gasteiger partial charge in [0.2, 0.25) is 0 Å². The Labute approximate surface area is 78.1 Å². The van der Waals surface area contributed by atoms with Crippen LogP contribution in [-0.4, -0.2) is 4.98 Å². The molecule has 0 aliphatic carbocycles. The molecule has 2 aromatic rings. The first-order valence-electron chi connectivity index (χ1n) is 4.42. The van der Waals surface area contributed by atoms with E-state index in [1.165, 1.54) is 16.5 Å². The second kappa shape index (κ2) is 2.77. The van der Waals surface area contributed by atoms with Gasteiger partial charge < -0.3 is 4.98 Å². The van der Waals surface area contributed by atoms with Crippen molar-refractivity contribution < 1.29 is 0 Å². The van der Waals surface area contributed by atoms with Crippen molar-refractivity contribution in [3.05, 3.63) is 42.1 Å². The average molecular weight is 171 g/mol. The Morgan fingerprint density at radius 1 is 1.31 bits per heavy atom. The van der Waals surface area contributed by atoms with Gasteiger partial charge in [0.25, 0.3) is 0 Å². The van der Waals surface area contributed by atoms with Crippen molar-refractivity contribution in [2.24, 2.45) is 0 Å². The average Bonchev–Trinajstić information content (AvgIpc) is 2.46. The molecule has 0 saturated carbocycles. The molecule has 1 aromatic heterocycles. The largest absolute Gasteiger partial charge is 0.355 e. The Morgan fingerprint density at radius 2 is 2.08 bits per heavy atom. The number of aryl methyl sites for hydroxylation is 1. The molecule has 0 fully saturated rings. The molecule has 0 spiro atoms. The first kappa shape index (κ1) is 8.11. The van der Waals surface area contributed by atoms with E-state index in [1.54, 1.807) is 0 Å². The smallest absolute Gasteiger partial charge is 0.0461 e. The molecule has 0 unspecified atom stereocenters. The maximum atomic E-state index is 3.91. The standard InChI is InChI=1S/C12H13N/c1-8(2)11-7-10-5-4-9(3)6-12(10)13-11/h4-7,13H,1H2,2-3H3. The predicted molar refractivity (Wildman–Crippen MR) is 57.7 cm³/mol. The first-order valence-corrected chi connectivity index (χ1v) is 4.42. The predicted octanol–water partition coefficient (Wildman–Crippen LogP) is 3.51. The van der Waals surface area contributed by atoms with Gasteiger partial charge in [0, 0.05) is 16.6 Å². The summed E-state index contributed by atoms with van der Waals surface area (Å²) >= 11 is 0. The number of benzene rings is 1. The van der Waals surface area contributed by atoms with Crippen molar-refractivity contribution in [2.75, 3.05) is 0 Å². The number of nitrogens with one attached hydrogen (secondary N) is 1. The second-order valence-electron chi connectivity index (χ2n) is 3.55. The molecule has 1 N–H and O–H groups in total. The fraction of sp³-hybridized carbons (Fsp3) is 0.167. The van der Waals surface area contributed by atoms with Gasteiger partial charge in [-0.05, 0) is 37.1 Å². The maximum absolute atomic E-state index is 3.91. The number of aromatic amines is 1. The van der Waals surface area contributed by atoms with Gasteiger partial charge in [-0.15, -0.1) is 0 Å². The van der Waals surface area contributed by atoms with E-state index in [9.17, 15) is 0 Å². The van der Waals surface area contributed by atoms with E-state index in [4.69, 9.17) is 0 Å². The van der Waals surface area contributed by atoms with Crippen LogP contribution in [0.25, 0.3) is 16.5 Å². The van der Waals surface area contributed by atoms with E-state index in [2.05, 4.69) is 42.8 Å². The van der Waals surface area contributed by atoms with Gasteiger partial charge in [0.1, 0.15) is 0 Å². The molecule has 0 saturated heterocycles. The van der Waals surface area contributed by atoms with Crippen LogP contribution in [0, 0.1) is 6.92 Å². The van der Waals surface area contributed by atoms with Gasteiger partial charge in [-0.1, -0.05) is 18.7 Å². The topological polar surface area (TPSA) is 15.8 Å². The van der Waals surface area contributed by atoms with Crippen LogP contribution >= 0.6 is 0 Å². The van der Waals surface area contributed by atoms with Crippen LogP contribution in [0.3, 0.4) is 0 Å². The first-order chi connectivity index (χ1) is 6.16. The lowest BCUT2D eigenvalue weighted by Crippen LogP contribution is -1.74. The summed E-state index contributed by atoms with van der Waals surface area (Å²) in [6.45, 7) is 8.02. The molecular weight excluding hydrogens is 158 g/mol. The summed E-state index contributed by atoms with van der Waals surface area (Å²) in [6.07, 6.45) is 0. The number of allylic oxidation sites excluding steroid dienone is 1. The molecule has 0 bridgehead atoms. The Bertz CT molecular complexity index is 463. The third-order valence-corrected chi connectivity index (χ3v) is 2.24. The molecule has 0 aliphatic heterocycles. The lowest BCUT2D eigenvalue weighted by atomic mass is 10.2. The zero-order valence-electron chi connectivity index (χ0n) is 8.02. The van der Waals surface area contributed by atoms with E-state index in [1.807, 2.05) is 6.92 Å². The number of H-pyrrole nitrogens is 1. The number of hydrogen-bond donors (Lipinski definition) is 1. The normalized spacial score (nSPS) is 10.6. The van der Waals surface area contributed by atoms with E-state index in [0.717, 1.165) is 11.3 Å². The lowest BCUT2D eigenvalue weighted by Gasteiger charge is -1.91. The summed E-state index contributed by atoms with van der Waals surface area (Å²) in [5.74, 6) is 0. The number of fused-ring (bicyclic) bond motifs is 1. The van der Waals surface area contributed by atoms with E-state index in [-0.39, 0.29) is 0 Å². The van der Waals surface area contributed by atoms with E-state index >= 15 is 0 Å². The Hall–Kier alpha value is -1.50. The molecule has 1 heteroatoms. The van der Waals surface area contributed by atoms with Crippen molar-refractivity contribution in [3.63, 3.8) is 0 Å². The van der Waals surface area contributed by atoms with E-state index < -0.39 is 0 Å². The van der Waals surface area contributed by atoms with Crippen LogP contribution < -0.4 is 0 Å². The summed E-state index contributed by atoms with van der Waals surface area (Å²) in [4.78, 5) is 3.34. The minimum atomic E-state index is 1.08. The highest BCUT2D eigenvalue weighted by atomic mass is 14.7. The molecule has 1 aromatic carbocycles. The Kier molecular flexibility index (Phi) is 1.73. The third-order valence-electron chi connectivity index (χ3n) is 2.24. The highest BCUT2D eigenvalue weighted by molar-refractivity contribution is 5.84. The second-order valence-corrected chi connectivity index (χ2v) is 3.55. The molecule has 66 valence electrons. The van der Waals surface area contributed by atoms with Crippen molar-refractivity contribution in [1.29, 1.82) is 0 Å². The minimum Gasteiger partial charge on any atom is -0.355 e. The molecule has 0 radical (unpaired) electrons. The van der Waals surface area contributed by atoms with Crippen LogP contribution in [0.2, 0.25) is 0 Å². The van der Waals surface area contributed by atoms with Crippen molar-refractivity contribution in [1.82, 2.24) is 4.98 Å². The van der Waals surface area contributed by atoms with Crippen molar-refractivity contribution in [2.45, 2.75) is 13.8 Å². The Balaban J connectivity index is 2.68. The van der Waals surface area contributed by atoms with E-state index in [0.29, 0.717) is 0 Å². The zero-order chi connectivity index (χ0) is 9.42. The molecule has 1 nitrogen and oxygen atoms in total. The van der Waals surface area contributed by atoms with Crippen LogP contribution in [0.5, 0.6) is 0 Å². The molecule has 0 atom stereocenters. The van der Waals surface area contributed by atoms with Gasteiger partial charge >= 0.3 is 0 Å². The fourth-order valence-electron chi connectivity index (χ4n) is 1.47. The quantitative estimate of drug-likeness (QED) is 0.675. The zero-order valence-corrected chi connectivity index (χ0v) is 8.02. The van der Waals surface area contributed by atoms with Crippen LogP contribution in [0.1, 0.15) is 18.2 Å². The molecule has 13 heavy (non-hydrogen) atoms. The summed E-state index contributed by atoms with van der Waals surface area (Å²) in [7, 11) is 0. The Morgan fingerprint density at radius 3 is 2.77 bits per heavy atom. The summed E-state index contributed by atoms with van der Waals surface area (Å²) in [5, 5.41) is 1.25. The number of rotatable bonds is 1. The summed E-state index contributed by atoms with van der Waals surface area (Å²) in [5.41, 5.74) is 4.68. The van der Waals surface area contributed by atoms with Crippen molar-refractivity contribution >= 4 is 16.5 Å². The SMILES string of the molecule is C=C(C)c1cc2ccc(C)cc2[nH]1. The number of hydrogen-bond acceptors (Lipinski definition) is 0. The monoisotopic (exact) mass is 171 g/mol. The molecular formula is C12H13N. The van der Waals surface area contributed by atoms with Crippen LogP contribution in [0.15, 0.2) is 30.8 Å². The third kappa shape index (κ3) is 1.37. The number of aromatic nitrogens is 1. The summed E-state index contributed by atoms with van der Waals surface area (Å²) in [6, 6.07) is 8.55. The van der Waals surface area contributed by atoms with Crippen molar-refractivity contribution in [3.8, 4) is 0 Å². The maximum Gasteiger partial charge on any atom is 0.0461 e. The fourth-order valence-corrected chi connectivity index (χ4v) is 1.47. The van der Waals surface area contributed by atoms with Gasteiger partial charge in [-0.2, -0.15) is 0 Å². The minimum absolute atomic E-state index is 1.08. The molecule has 1 heterocycles. The van der Waals surface area contributed by atoms with Gasteiger partial charge in [-0.3, -0.25) is 0 Å². The molecule has 2 rings (SSSR count). The van der Waals surface area contributed by atoms with Crippen LogP contribution in [0.4, 0.5) is 0 Å². The summed E-state index contributed by atoms with van der Waals surface area (Å²) < 4.78 is 0. The molecule has 0 amide bonds.